The minimum absolute atomic E-state index is 0.213. The van der Waals surface area contributed by atoms with E-state index in [2.05, 4.69) is 32.4 Å². The third-order valence-corrected chi connectivity index (χ3v) is 9.77. The number of aliphatic carboxylic acids is 1. The van der Waals surface area contributed by atoms with Crippen molar-refractivity contribution >= 4 is 27.7 Å². The smallest absolute Gasteiger partial charge is 0.323 e. The molecule has 11 heteroatoms. The average Bonchev–Trinajstić information content (AvgIpc) is 2.91. The summed E-state index contributed by atoms with van der Waals surface area (Å²) in [7, 11) is -3.75. The topological polar surface area (TPSA) is 141 Å². The lowest BCUT2D eigenvalue weighted by atomic mass is 9.96. The van der Waals surface area contributed by atoms with Crippen molar-refractivity contribution in [3.63, 3.8) is 0 Å². The van der Waals surface area contributed by atoms with Crippen LogP contribution < -0.4 is 15.4 Å². The van der Waals surface area contributed by atoms with Gasteiger partial charge in [0, 0.05) is 25.3 Å². The van der Waals surface area contributed by atoms with Gasteiger partial charge in [-0.05, 0) is 76.1 Å². The van der Waals surface area contributed by atoms with E-state index < -0.39 is 27.3 Å². The van der Waals surface area contributed by atoms with E-state index in [1.807, 2.05) is 0 Å². The molecule has 2 fully saturated rings. The molecular weight excluding hydrogens is 494 g/mol. The Morgan fingerprint density at radius 3 is 2.73 bits per heavy atom. The number of likely N-dealkylation sites (tertiary alicyclic amines) is 1. The molecule has 2 aliphatic heterocycles. The lowest BCUT2D eigenvalue weighted by molar-refractivity contribution is -0.139. The number of pyridine rings is 1. The number of hydrogen-bond acceptors (Lipinski definition) is 7. The zero-order valence-corrected chi connectivity index (χ0v) is 22.4. The number of aromatic nitrogens is 1. The molecule has 1 aliphatic carbocycles. The average molecular weight is 536 g/mol. The predicted octanol–water partition coefficient (Wildman–Crippen LogP) is 1.91. The Balaban J connectivity index is 1.21. The Bertz CT molecular complexity index is 1040. The fraction of sp³-hybridized carbons (Fsp3) is 0.731. The van der Waals surface area contributed by atoms with Gasteiger partial charge in [0.05, 0.1) is 11.2 Å². The molecule has 10 nitrogen and oxygen atoms in total. The number of aryl methyl sites for hydroxylation is 2. The first kappa shape index (κ1) is 27.8. The molecule has 37 heavy (non-hydrogen) atoms. The summed E-state index contributed by atoms with van der Waals surface area (Å²) in [4.78, 5) is 31.6. The molecule has 4 N–H and O–H groups in total. The van der Waals surface area contributed by atoms with Crippen molar-refractivity contribution in [1.82, 2.24) is 19.9 Å². The first-order chi connectivity index (χ1) is 17.8. The van der Waals surface area contributed by atoms with Crippen molar-refractivity contribution in [2.45, 2.75) is 81.9 Å². The van der Waals surface area contributed by atoms with E-state index in [-0.39, 0.29) is 18.4 Å². The summed E-state index contributed by atoms with van der Waals surface area (Å²) in [5.41, 5.74) is 2.36. The molecule has 206 valence electrons. The normalized spacial score (nSPS) is 22.0. The van der Waals surface area contributed by atoms with E-state index in [1.54, 1.807) is 0 Å². The van der Waals surface area contributed by atoms with Gasteiger partial charge < -0.3 is 20.6 Å². The largest absolute Gasteiger partial charge is 0.480 e. The zero-order valence-electron chi connectivity index (χ0n) is 21.6. The Hall–Kier alpha value is -2.24. The number of anilines is 1. The van der Waals surface area contributed by atoms with Gasteiger partial charge in [0.2, 0.25) is 15.9 Å². The van der Waals surface area contributed by atoms with Crippen LogP contribution in [0.4, 0.5) is 5.82 Å². The highest BCUT2D eigenvalue weighted by molar-refractivity contribution is 7.90. The van der Waals surface area contributed by atoms with Crippen LogP contribution in [-0.4, -0.2) is 79.3 Å². The van der Waals surface area contributed by atoms with E-state index in [9.17, 15) is 23.1 Å². The van der Waals surface area contributed by atoms with Gasteiger partial charge in [0.15, 0.2) is 0 Å². The molecular formula is C26H41N5O5S. The van der Waals surface area contributed by atoms with Crippen molar-refractivity contribution < 1.29 is 23.1 Å². The molecule has 0 radical (unpaired) electrons. The van der Waals surface area contributed by atoms with Gasteiger partial charge >= 0.3 is 5.97 Å². The number of nitrogens with one attached hydrogen (secondary N) is 3. The first-order valence-corrected chi connectivity index (χ1v) is 15.3. The molecule has 1 amide bonds. The maximum atomic E-state index is 12.8. The lowest BCUT2D eigenvalue weighted by Crippen LogP contribution is -2.52. The van der Waals surface area contributed by atoms with Crippen molar-refractivity contribution in [3.8, 4) is 0 Å². The van der Waals surface area contributed by atoms with Crippen molar-refractivity contribution in [2.24, 2.45) is 5.92 Å². The molecule has 4 rings (SSSR count). The minimum atomic E-state index is -3.75. The quantitative estimate of drug-likeness (QED) is 0.337. The summed E-state index contributed by atoms with van der Waals surface area (Å²) in [6, 6.07) is 2.92. The van der Waals surface area contributed by atoms with Crippen LogP contribution in [0.5, 0.6) is 0 Å². The number of hydrogen-bond donors (Lipinski definition) is 4. The number of fused-ring (bicyclic) bond motifs is 1. The molecule has 1 saturated heterocycles. The monoisotopic (exact) mass is 535 g/mol. The number of carbonyl (C=O) groups excluding carboxylic acids is 1. The number of amides is 1. The van der Waals surface area contributed by atoms with Gasteiger partial charge in [-0.2, -0.15) is 4.72 Å². The standard InChI is InChI=1S/C26H41N5O5S/c32-25(28-17-23(26(33)34)30-37(35,36)22-10-2-1-3-11-22)20-8-5-15-31(18-20)16-6-9-21-13-12-19-7-4-14-27-24(19)29-21/h12-13,20,22-23,30H,1-11,14-18H2,(H,27,29)(H,28,32)(H,33,34). The van der Waals surface area contributed by atoms with E-state index in [1.165, 1.54) is 5.56 Å². The maximum absolute atomic E-state index is 12.8. The van der Waals surface area contributed by atoms with Crippen LogP contribution in [0.1, 0.15) is 69.0 Å². The second-order valence-electron chi connectivity index (χ2n) is 10.6. The van der Waals surface area contributed by atoms with Crippen LogP contribution in [-0.2, 0) is 32.5 Å². The van der Waals surface area contributed by atoms with Crippen LogP contribution >= 0.6 is 0 Å². The number of carbonyl (C=O) groups is 2. The lowest BCUT2D eigenvalue weighted by Gasteiger charge is -2.32. The SMILES string of the molecule is O=C(NCC(NS(=O)(=O)C1CCCCC1)C(=O)O)C1CCCN(CCCc2ccc3c(n2)NCCC3)C1. The third-order valence-electron chi connectivity index (χ3n) is 7.81. The van der Waals surface area contributed by atoms with Gasteiger partial charge in [0.1, 0.15) is 11.9 Å². The summed E-state index contributed by atoms with van der Waals surface area (Å²) in [5, 5.41) is 15.1. The fourth-order valence-corrected chi connectivity index (χ4v) is 7.39. The Morgan fingerprint density at radius 2 is 1.95 bits per heavy atom. The molecule has 1 aromatic rings. The summed E-state index contributed by atoms with van der Waals surface area (Å²) in [6.45, 7) is 3.14. The number of rotatable bonds is 11. The van der Waals surface area contributed by atoms with Gasteiger partial charge in [-0.25, -0.2) is 13.4 Å². The summed E-state index contributed by atoms with van der Waals surface area (Å²) < 4.78 is 27.7. The maximum Gasteiger partial charge on any atom is 0.323 e. The molecule has 2 atom stereocenters. The van der Waals surface area contributed by atoms with Gasteiger partial charge in [-0.3, -0.25) is 9.59 Å². The molecule has 0 spiro atoms. The Morgan fingerprint density at radius 1 is 1.14 bits per heavy atom. The Labute approximate surface area is 220 Å². The van der Waals surface area contributed by atoms with Gasteiger partial charge in [-0.1, -0.05) is 25.3 Å². The number of piperidine rings is 1. The van der Waals surface area contributed by atoms with Gasteiger partial charge in [-0.15, -0.1) is 0 Å². The molecule has 1 aromatic heterocycles. The zero-order chi connectivity index (χ0) is 26.3. The summed E-state index contributed by atoms with van der Waals surface area (Å²) in [6.07, 6.45) is 9.45. The van der Waals surface area contributed by atoms with Crippen LogP contribution in [0.2, 0.25) is 0 Å². The first-order valence-electron chi connectivity index (χ1n) is 13.8. The second kappa shape index (κ2) is 13.0. The number of carboxylic acid groups (broad SMARTS) is 1. The highest BCUT2D eigenvalue weighted by atomic mass is 32.2. The molecule has 0 bridgehead atoms. The highest BCUT2D eigenvalue weighted by Gasteiger charge is 2.33. The van der Waals surface area contributed by atoms with E-state index in [0.717, 1.165) is 88.9 Å². The van der Waals surface area contributed by atoms with E-state index >= 15 is 0 Å². The Kier molecular flexibility index (Phi) is 9.77. The van der Waals surface area contributed by atoms with Crippen LogP contribution in [0.15, 0.2) is 12.1 Å². The minimum Gasteiger partial charge on any atom is -0.480 e. The summed E-state index contributed by atoms with van der Waals surface area (Å²) >= 11 is 0. The number of carboxylic acids is 1. The third kappa shape index (κ3) is 7.87. The van der Waals surface area contributed by atoms with Crippen LogP contribution in [0, 0.1) is 5.92 Å². The van der Waals surface area contributed by atoms with Crippen molar-refractivity contribution in [2.75, 3.05) is 38.0 Å². The van der Waals surface area contributed by atoms with E-state index in [0.29, 0.717) is 19.4 Å². The predicted molar refractivity (Wildman–Crippen MR) is 142 cm³/mol. The molecule has 2 unspecified atom stereocenters. The number of nitrogens with zero attached hydrogens (tertiary/aromatic N) is 2. The molecule has 3 aliphatic rings. The van der Waals surface area contributed by atoms with Crippen molar-refractivity contribution in [1.29, 1.82) is 0 Å². The summed E-state index contributed by atoms with van der Waals surface area (Å²) in [5.74, 6) is -0.713. The molecule has 1 saturated carbocycles. The highest BCUT2D eigenvalue weighted by Crippen LogP contribution is 2.24. The van der Waals surface area contributed by atoms with Crippen LogP contribution in [0.3, 0.4) is 0 Å². The molecule has 3 heterocycles. The van der Waals surface area contributed by atoms with Crippen molar-refractivity contribution in [3.05, 3.63) is 23.4 Å². The fourth-order valence-electron chi connectivity index (χ4n) is 5.66. The number of sulfonamides is 1. The van der Waals surface area contributed by atoms with Crippen LogP contribution in [0.25, 0.3) is 0 Å². The molecule has 0 aromatic carbocycles. The van der Waals surface area contributed by atoms with E-state index in [4.69, 9.17) is 4.98 Å². The second-order valence-corrected chi connectivity index (χ2v) is 12.6. The van der Waals surface area contributed by atoms with Gasteiger partial charge in [0.25, 0.3) is 0 Å².